The van der Waals surface area contributed by atoms with Gasteiger partial charge in [-0.3, -0.25) is 4.79 Å². The van der Waals surface area contributed by atoms with Gasteiger partial charge >= 0.3 is 10.5 Å². The molecule has 2 aromatic heterocycles. The molecule has 20 heavy (non-hydrogen) atoms. The Balaban J connectivity index is 2.31. The number of aromatic amines is 1. The van der Waals surface area contributed by atoms with Gasteiger partial charge < -0.3 is 14.5 Å². The van der Waals surface area contributed by atoms with E-state index in [1.165, 1.54) is 12.1 Å². The fraction of sp³-hybridized carbons (Fsp3) is 0. The van der Waals surface area contributed by atoms with Crippen LogP contribution in [0.25, 0.3) is 32.0 Å². The standard InChI is InChI=1S/C14H7NO4S/c16-6-1-2-7-8-4-12-10(15-14(18)20-12)5-11(8)19-13(17)9(7)3-6/h1-5,16H,(H,15,18). The molecule has 0 radical (unpaired) electrons. The highest BCUT2D eigenvalue weighted by Crippen LogP contribution is 2.29. The van der Waals surface area contributed by atoms with E-state index >= 15 is 0 Å². The van der Waals surface area contributed by atoms with Crippen molar-refractivity contribution in [3.63, 3.8) is 0 Å². The Kier molecular flexibility index (Phi) is 2.08. The number of H-pyrrole nitrogens is 1. The molecule has 0 bridgehead atoms. The van der Waals surface area contributed by atoms with E-state index in [-0.39, 0.29) is 10.6 Å². The normalized spacial score (nSPS) is 11.6. The lowest BCUT2D eigenvalue weighted by Crippen LogP contribution is -1.99. The summed E-state index contributed by atoms with van der Waals surface area (Å²) in [5, 5.41) is 11.2. The highest BCUT2D eigenvalue weighted by Gasteiger charge is 2.10. The number of aromatic nitrogens is 1. The van der Waals surface area contributed by atoms with Gasteiger partial charge in [0.15, 0.2) is 0 Å². The predicted molar refractivity (Wildman–Crippen MR) is 77.7 cm³/mol. The molecule has 2 N–H and O–H groups in total. The largest absolute Gasteiger partial charge is 0.508 e. The number of rotatable bonds is 0. The number of benzene rings is 2. The van der Waals surface area contributed by atoms with Crippen LogP contribution in [-0.2, 0) is 0 Å². The van der Waals surface area contributed by atoms with Gasteiger partial charge in [-0.15, -0.1) is 0 Å². The van der Waals surface area contributed by atoms with Crippen molar-refractivity contribution in [2.75, 3.05) is 0 Å². The average molecular weight is 285 g/mol. The van der Waals surface area contributed by atoms with Gasteiger partial charge in [-0.1, -0.05) is 11.3 Å². The van der Waals surface area contributed by atoms with Crippen LogP contribution >= 0.6 is 11.3 Å². The predicted octanol–water partition coefficient (Wildman–Crippen LogP) is 2.55. The Morgan fingerprint density at radius 1 is 1.05 bits per heavy atom. The summed E-state index contributed by atoms with van der Waals surface area (Å²) in [5.74, 6) is 0.0107. The molecule has 0 atom stereocenters. The van der Waals surface area contributed by atoms with Gasteiger partial charge in [0.1, 0.15) is 11.3 Å². The highest BCUT2D eigenvalue weighted by molar-refractivity contribution is 7.16. The van der Waals surface area contributed by atoms with E-state index in [0.29, 0.717) is 21.9 Å². The summed E-state index contributed by atoms with van der Waals surface area (Å²) in [5.41, 5.74) is 0.545. The third kappa shape index (κ3) is 1.48. The molecule has 0 amide bonds. The first-order valence-corrected chi connectivity index (χ1v) is 6.66. The Hall–Kier alpha value is -2.60. The fourth-order valence-corrected chi connectivity index (χ4v) is 3.12. The fourth-order valence-electron chi connectivity index (χ4n) is 2.36. The second-order valence-corrected chi connectivity index (χ2v) is 5.49. The second kappa shape index (κ2) is 3.71. The molecule has 4 rings (SSSR count). The van der Waals surface area contributed by atoms with Crippen LogP contribution in [0.3, 0.4) is 0 Å². The van der Waals surface area contributed by atoms with Gasteiger partial charge in [-0.05, 0) is 24.3 Å². The topological polar surface area (TPSA) is 83.3 Å². The maximum absolute atomic E-state index is 11.9. The molecular weight excluding hydrogens is 278 g/mol. The van der Waals surface area contributed by atoms with Crippen molar-refractivity contribution in [3.8, 4) is 5.75 Å². The Morgan fingerprint density at radius 2 is 1.90 bits per heavy atom. The van der Waals surface area contributed by atoms with Crippen molar-refractivity contribution < 1.29 is 9.52 Å². The van der Waals surface area contributed by atoms with E-state index in [4.69, 9.17) is 4.42 Å². The van der Waals surface area contributed by atoms with Crippen LogP contribution in [0.4, 0.5) is 0 Å². The van der Waals surface area contributed by atoms with E-state index in [9.17, 15) is 14.7 Å². The summed E-state index contributed by atoms with van der Waals surface area (Å²) >= 11 is 1.10. The molecule has 0 fully saturated rings. The Morgan fingerprint density at radius 3 is 2.75 bits per heavy atom. The van der Waals surface area contributed by atoms with Crippen LogP contribution in [0.5, 0.6) is 5.75 Å². The summed E-state index contributed by atoms with van der Waals surface area (Å²) < 4.78 is 6.06. The Labute approximate surface area is 114 Å². The molecule has 0 aliphatic carbocycles. The summed E-state index contributed by atoms with van der Waals surface area (Å²) in [6.07, 6.45) is 0. The van der Waals surface area contributed by atoms with Crippen LogP contribution in [-0.4, -0.2) is 10.1 Å². The molecule has 98 valence electrons. The number of thiazole rings is 1. The third-order valence-corrected chi connectivity index (χ3v) is 4.08. The molecule has 0 spiro atoms. The lowest BCUT2D eigenvalue weighted by Gasteiger charge is -2.03. The second-order valence-electron chi connectivity index (χ2n) is 4.48. The van der Waals surface area contributed by atoms with Gasteiger partial charge in [0.2, 0.25) is 0 Å². The van der Waals surface area contributed by atoms with Crippen molar-refractivity contribution in [2.24, 2.45) is 0 Å². The zero-order chi connectivity index (χ0) is 13.9. The number of phenols is 1. The van der Waals surface area contributed by atoms with Crippen LogP contribution in [0.2, 0.25) is 0 Å². The first-order chi connectivity index (χ1) is 9.61. The molecule has 0 saturated carbocycles. The van der Waals surface area contributed by atoms with E-state index in [0.717, 1.165) is 21.4 Å². The molecule has 0 saturated heterocycles. The zero-order valence-electron chi connectivity index (χ0n) is 9.97. The summed E-state index contributed by atoms with van der Waals surface area (Å²) in [4.78, 5) is 25.9. The van der Waals surface area contributed by atoms with E-state index in [2.05, 4.69) is 4.98 Å². The van der Waals surface area contributed by atoms with E-state index in [1.807, 2.05) is 6.07 Å². The number of hydrogen-bond donors (Lipinski definition) is 2. The minimum atomic E-state index is -0.514. The minimum absolute atomic E-state index is 0.0107. The molecule has 2 heterocycles. The Bertz CT molecular complexity index is 1100. The number of fused-ring (bicyclic) bond motifs is 4. The molecule has 0 unspecified atom stereocenters. The molecule has 5 nitrogen and oxygen atoms in total. The molecule has 6 heteroatoms. The van der Waals surface area contributed by atoms with Crippen molar-refractivity contribution in [3.05, 3.63) is 50.4 Å². The number of phenolic OH excluding ortho intramolecular Hbond substituents is 1. The van der Waals surface area contributed by atoms with Crippen LogP contribution in [0.1, 0.15) is 0 Å². The smallest absolute Gasteiger partial charge is 0.344 e. The number of aromatic hydroxyl groups is 1. The quantitative estimate of drug-likeness (QED) is 0.384. The number of hydrogen-bond acceptors (Lipinski definition) is 5. The van der Waals surface area contributed by atoms with Gasteiger partial charge in [-0.2, -0.15) is 0 Å². The summed E-state index contributed by atoms with van der Waals surface area (Å²) in [7, 11) is 0. The maximum Gasteiger partial charge on any atom is 0.344 e. The highest BCUT2D eigenvalue weighted by atomic mass is 32.1. The van der Waals surface area contributed by atoms with Gasteiger partial charge in [0.05, 0.1) is 15.6 Å². The van der Waals surface area contributed by atoms with Crippen LogP contribution in [0.15, 0.2) is 44.3 Å². The third-order valence-electron chi connectivity index (χ3n) is 3.24. The maximum atomic E-state index is 11.9. The lowest BCUT2D eigenvalue weighted by molar-refractivity contribution is 0.475. The first kappa shape index (κ1) is 11.2. The molecule has 0 aliphatic heterocycles. The first-order valence-electron chi connectivity index (χ1n) is 5.84. The minimum Gasteiger partial charge on any atom is -0.508 e. The van der Waals surface area contributed by atoms with Crippen molar-refractivity contribution in [1.82, 2.24) is 4.98 Å². The number of nitrogens with one attached hydrogen (secondary N) is 1. The molecule has 0 aliphatic rings. The molecular formula is C14H7NO4S. The van der Waals surface area contributed by atoms with E-state index in [1.54, 1.807) is 12.1 Å². The SMILES string of the molecule is O=c1[nH]c2cc3oc(=O)c4cc(O)ccc4c3cc2s1. The summed E-state index contributed by atoms with van der Waals surface area (Å²) in [6, 6.07) is 8.03. The monoisotopic (exact) mass is 285 g/mol. The molecule has 4 aromatic rings. The van der Waals surface area contributed by atoms with Gasteiger partial charge in [0, 0.05) is 16.8 Å². The van der Waals surface area contributed by atoms with Gasteiger partial charge in [0.25, 0.3) is 0 Å². The van der Waals surface area contributed by atoms with Crippen LogP contribution in [0, 0.1) is 0 Å². The van der Waals surface area contributed by atoms with Crippen molar-refractivity contribution in [1.29, 1.82) is 0 Å². The average Bonchev–Trinajstić information content (AvgIpc) is 2.76. The van der Waals surface area contributed by atoms with Crippen LogP contribution < -0.4 is 10.5 Å². The lowest BCUT2D eigenvalue weighted by atomic mass is 10.1. The van der Waals surface area contributed by atoms with E-state index < -0.39 is 5.63 Å². The van der Waals surface area contributed by atoms with Gasteiger partial charge in [-0.25, -0.2) is 4.79 Å². The summed E-state index contributed by atoms with van der Waals surface area (Å²) in [6.45, 7) is 0. The van der Waals surface area contributed by atoms with Crippen molar-refractivity contribution in [2.45, 2.75) is 0 Å². The zero-order valence-corrected chi connectivity index (χ0v) is 10.8. The molecule has 2 aromatic carbocycles. The van der Waals surface area contributed by atoms with Crippen molar-refractivity contribution >= 4 is 43.3 Å².